The number of hydrogen-bond donors (Lipinski definition) is 1. The number of ketones is 1. The maximum absolute atomic E-state index is 12.1. The van der Waals surface area contributed by atoms with Gasteiger partial charge < -0.3 is 9.52 Å². The van der Waals surface area contributed by atoms with Crippen LogP contribution in [0.4, 0.5) is 0 Å². The molecule has 2 aromatic carbocycles. The molecule has 0 spiro atoms. The van der Waals surface area contributed by atoms with Gasteiger partial charge in [-0.25, -0.2) is 4.98 Å². The standard InChI is InChI=1S/C20H21NO3/c1-10(22)15-17-19(24-11(2)21-17)16-12-6-5-9-20(3,4)14(12)8-7-13(16)18(15)23/h7-8,23H,5-6,9H2,1-4H3. The van der Waals surface area contributed by atoms with Crippen molar-refractivity contribution in [3.05, 3.63) is 34.7 Å². The van der Waals surface area contributed by atoms with Crippen LogP contribution in [0.5, 0.6) is 5.75 Å². The molecule has 1 heterocycles. The number of aryl methyl sites for hydroxylation is 2. The van der Waals surface area contributed by atoms with Crippen molar-refractivity contribution in [2.24, 2.45) is 0 Å². The zero-order chi connectivity index (χ0) is 17.2. The van der Waals surface area contributed by atoms with Crippen molar-refractivity contribution >= 4 is 27.7 Å². The van der Waals surface area contributed by atoms with Gasteiger partial charge >= 0.3 is 0 Å². The molecule has 0 bridgehead atoms. The van der Waals surface area contributed by atoms with Gasteiger partial charge in [0, 0.05) is 17.7 Å². The molecular weight excluding hydrogens is 302 g/mol. The van der Waals surface area contributed by atoms with Gasteiger partial charge in [-0.2, -0.15) is 0 Å². The zero-order valence-electron chi connectivity index (χ0n) is 14.5. The van der Waals surface area contributed by atoms with E-state index in [2.05, 4.69) is 24.9 Å². The van der Waals surface area contributed by atoms with Gasteiger partial charge in [0.25, 0.3) is 0 Å². The molecule has 0 radical (unpaired) electrons. The van der Waals surface area contributed by atoms with Crippen LogP contribution in [0.3, 0.4) is 0 Å². The number of hydrogen-bond acceptors (Lipinski definition) is 4. The monoisotopic (exact) mass is 323 g/mol. The van der Waals surface area contributed by atoms with Crippen molar-refractivity contribution in [3.8, 4) is 5.75 Å². The number of phenolic OH excluding ortho intramolecular Hbond substituents is 1. The average molecular weight is 323 g/mol. The van der Waals surface area contributed by atoms with Crippen molar-refractivity contribution in [3.63, 3.8) is 0 Å². The molecular formula is C20H21NO3. The number of oxazole rings is 1. The van der Waals surface area contributed by atoms with Crippen LogP contribution in [-0.4, -0.2) is 15.9 Å². The lowest BCUT2D eigenvalue weighted by molar-refractivity contribution is 0.101. The zero-order valence-corrected chi connectivity index (χ0v) is 14.5. The van der Waals surface area contributed by atoms with E-state index in [-0.39, 0.29) is 22.5 Å². The highest BCUT2D eigenvalue weighted by Crippen LogP contribution is 2.45. The molecule has 0 amide bonds. The summed E-state index contributed by atoms with van der Waals surface area (Å²) in [6, 6.07) is 4.01. The number of aromatic hydroxyl groups is 1. The summed E-state index contributed by atoms with van der Waals surface area (Å²) in [4.78, 5) is 16.5. The van der Waals surface area contributed by atoms with Crippen LogP contribution in [0.2, 0.25) is 0 Å². The number of carbonyl (C=O) groups is 1. The molecule has 0 unspecified atom stereocenters. The van der Waals surface area contributed by atoms with Crippen LogP contribution in [0.1, 0.15) is 61.0 Å². The van der Waals surface area contributed by atoms with Crippen LogP contribution in [0.25, 0.3) is 21.9 Å². The van der Waals surface area contributed by atoms with Gasteiger partial charge in [0.1, 0.15) is 11.3 Å². The van der Waals surface area contributed by atoms with E-state index in [1.165, 1.54) is 18.1 Å². The average Bonchev–Trinajstić information content (AvgIpc) is 2.87. The minimum absolute atomic E-state index is 0.0180. The smallest absolute Gasteiger partial charge is 0.192 e. The first-order valence-electron chi connectivity index (χ1n) is 8.40. The maximum atomic E-state index is 12.1. The van der Waals surface area contributed by atoms with Crippen LogP contribution in [0, 0.1) is 6.92 Å². The Labute approximate surface area is 140 Å². The van der Waals surface area contributed by atoms with E-state index in [9.17, 15) is 9.90 Å². The Kier molecular flexibility index (Phi) is 3.05. The van der Waals surface area contributed by atoms with Gasteiger partial charge in [0.15, 0.2) is 17.3 Å². The number of nitrogens with zero attached hydrogens (tertiary/aromatic N) is 1. The summed E-state index contributed by atoms with van der Waals surface area (Å²) in [6.45, 7) is 7.73. The van der Waals surface area contributed by atoms with Gasteiger partial charge in [0.05, 0.1) is 5.56 Å². The van der Waals surface area contributed by atoms with E-state index < -0.39 is 0 Å². The Balaban J connectivity index is 2.25. The second-order valence-corrected chi connectivity index (χ2v) is 7.44. The summed E-state index contributed by atoms with van der Waals surface area (Å²) in [5, 5.41) is 12.4. The van der Waals surface area contributed by atoms with Crippen molar-refractivity contribution in [2.75, 3.05) is 0 Å². The lowest BCUT2D eigenvalue weighted by atomic mass is 9.71. The first-order chi connectivity index (χ1) is 11.3. The fraction of sp³-hybridized carbons (Fsp3) is 0.400. The summed E-state index contributed by atoms with van der Waals surface area (Å²) in [7, 11) is 0. The van der Waals surface area contributed by atoms with E-state index in [0.717, 1.165) is 24.6 Å². The summed E-state index contributed by atoms with van der Waals surface area (Å²) in [5.41, 5.74) is 3.96. The fourth-order valence-electron chi connectivity index (χ4n) is 4.19. The molecule has 0 saturated carbocycles. The highest BCUT2D eigenvalue weighted by Gasteiger charge is 2.31. The number of fused-ring (bicyclic) bond motifs is 5. The van der Waals surface area contributed by atoms with Crippen LogP contribution in [0.15, 0.2) is 16.5 Å². The number of benzene rings is 2. The van der Waals surface area contributed by atoms with Crippen molar-refractivity contribution in [1.29, 1.82) is 0 Å². The van der Waals surface area contributed by atoms with Crippen LogP contribution in [-0.2, 0) is 11.8 Å². The predicted molar refractivity (Wildman–Crippen MR) is 93.9 cm³/mol. The molecule has 0 fully saturated rings. The molecule has 4 rings (SSSR count). The summed E-state index contributed by atoms with van der Waals surface area (Å²) < 4.78 is 5.89. The third-order valence-corrected chi connectivity index (χ3v) is 5.31. The van der Waals surface area contributed by atoms with Crippen LogP contribution >= 0.6 is 0 Å². The number of aromatic nitrogens is 1. The summed E-state index contributed by atoms with van der Waals surface area (Å²) >= 11 is 0. The second kappa shape index (κ2) is 4.82. The number of carbonyl (C=O) groups excluding carboxylic acids is 1. The number of phenols is 1. The van der Waals surface area contributed by atoms with E-state index in [0.29, 0.717) is 22.4 Å². The molecule has 0 atom stereocenters. The van der Waals surface area contributed by atoms with Crippen molar-refractivity contribution < 1.29 is 14.3 Å². The van der Waals surface area contributed by atoms with Gasteiger partial charge in [-0.05, 0) is 42.7 Å². The Morgan fingerprint density at radius 1 is 1.33 bits per heavy atom. The molecule has 1 N–H and O–H groups in total. The highest BCUT2D eigenvalue weighted by atomic mass is 16.3. The Morgan fingerprint density at radius 2 is 2.08 bits per heavy atom. The molecule has 0 aliphatic heterocycles. The first kappa shape index (κ1) is 15.2. The Hall–Kier alpha value is -2.36. The van der Waals surface area contributed by atoms with Crippen LogP contribution < -0.4 is 0 Å². The number of rotatable bonds is 1. The molecule has 124 valence electrons. The molecule has 24 heavy (non-hydrogen) atoms. The third-order valence-electron chi connectivity index (χ3n) is 5.31. The van der Waals surface area contributed by atoms with Gasteiger partial charge in [-0.3, -0.25) is 4.79 Å². The van der Waals surface area contributed by atoms with E-state index in [1.54, 1.807) is 6.92 Å². The maximum Gasteiger partial charge on any atom is 0.192 e. The lowest BCUT2D eigenvalue weighted by Crippen LogP contribution is -2.23. The largest absolute Gasteiger partial charge is 0.506 e. The van der Waals surface area contributed by atoms with Gasteiger partial charge in [0.2, 0.25) is 0 Å². The van der Waals surface area contributed by atoms with E-state index >= 15 is 0 Å². The van der Waals surface area contributed by atoms with Gasteiger partial charge in [-0.15, -0.1) is 0 Å². The molecule has 3 aromatic rings. The van der Waals surface area contributed by atoms with E-state index in [1.807, 2.05) is 6.07 Å². The summed E-state index contributed by atoms with van der Waals surface area (Å²) in [5.74, 6) is 0.322. The molecule has 4 nitrogen and oxygen atoms in total. The Morgan fingerprint density at radius 3 is 2.79 bits per heavy atom. The normalized spacial score (nSPS) is 16.5. The minimum atomic E-state index is -0.203. The Bertz CT molecular complexity index is 1010. The molecule has 1 aromatic heterocycles. The molecule has 1 aliphatic rings. The van der Waals surface area contributed by atoms with E-state index in [4.69, 9.17) is 4.42 Å². The highest BCUT2D eigenvalue weighted by molar-refractivity contribution is 6.18. The fourth-order valence-corrected chi connectivity index (χ4v) is 4.19. The lowest BCUT2D eigenvalue weighted by Gasteiger charge is -2.33. The predicted octanol–water partition coefficient (Wildman–Crippen LogP) is 4.81. The third kappa shape index (κ3) is 1.92. The minimum Gasteiger partial charge on any atom is -0.506 e. The van der Waals surface area contributed by atoms with Gasteiger partial charge in [-0.1, -0.05) is 26.0 Å². The topological polar surface area (TPSA) is 63.3 Å². The molecule has 1 aliphatic carbocycles. The molecule has 0 saturated heterocycles. The second-order valence-electron chi connectivity index (χ2n) is 7.44. The van der Waals surface area contributed by atoms with Crippen molar-refractivity contribution in [2.45, 2.75) is 52.4 Å². The SMILES string of the molecule is CC(=O)c1c(O)c2ccc3c(c2c2oc(C)nc12)CCCC3(C)C. The van der Waals surface area contributed by atoms with Crippen molar-refractivity contribution in [1.82, 2.24) is 4.98 Å². The first-order valence-corrected chi connectivity index (χ1v) is 8.40. The summed E-state index contributed by atoms with van der Waals surface area (Å²) in [6.07, 6.45) is 3.19. The quantitative estimate of drug-likeness (QED) is 0.653. The number of Topliss-reactive ketones (excluding diaryl/α,β-unsaturated/α-hetero) is 1. The molecule has 4 heteroatoms.